The highest BCUT2D eigenvalue weighted by molar-refractivity contribution is 5.90. The van der Waals surface area contributed by atoms with Crippen LogP contribution in [0.5, 0.6) is 0 Å². The SMILES string of the molecule is CCCCC(=O)/C=C(/C)NC. The molecule has 0 saturated carbocycles. The number of carbonyl (C=O) groups excluding carboxylic acids is 1. The van der Waals surface area contributed by atoms with Crippen molar-refractivity contribution in [3.05, 3.63) is 11.8 Å². The van der Waals surface area contributed by atoms with Crippen molar-refractivity contribution in [1.29, 1.82) is 0 Å². The average molecular weight is 155 g/mol. The fourth-order valence-electron chi connectivity index (χ4n) is 0.737. The van der Waals surface area contributed by atoms with Gasteiger partial charge in [-0.15, -0.1) is 0 Å². The van der Waals surface area contributed by atoms with Crippen LogP contribution in [0.25, 0.3) is 0 Å². The van der Waals surface area contributed by atoms with Crippen molar-refractivity contribution in [3.8, 4) is 0 Å². The predicted octanol–water partition coefficient (Wildman–Crippen LogP) is 1.87. The Morgan fingerprint density at radius 3 is 2.64 bits per heavy atom. The molecule has 11 heavy (non-hydrogen) atoms. The maximum atomic E-state index is 11.1. The lowest BCUT2D eigenvalue weighted by Gasteiger charge is -1.97. The predicted molar refractivity (Wildman–Crippen MR) is 47.3 cm³/mol. The quantitative estimate of drug-likeness (QED) is 0.614. The zero-order valence-electron chi connectivity index (χ0n) is 7.61. The number of allylic oxidation sites excluding steroid dienone is 2. The Morgan fingerprint density at radius 2 is 2.18 bits per heavy atom. The number of hydrogen-bond donors (Lipinski definition) is 1. The molecule has 0 amide bonds. The summed E-state index contributed by atoms with van der Waals surface area (Å²) in [5.41, 5.74) is 0.936. The molecule has 0 aromatic heterocycles. The van der Waals surface area contributed by atoms with Gasteiger partial charge in [-0.3, -0.25) is 4.79 Å². The van der Waals surface area contributed by atoms with E-state index in [1.807, 2.05) is 14.0 Å². The van der Waals surface area contributed by atoms with Crippen LogP contribution in [0, 0.1) is 0 Å². The van der Waals surface area contributed by atoms with Gasteiger partial charge in [-0.2, -0.15) is 0 Å². The Labute approximate surface area is 68.7 Å². The van der Waals surface area contributed by atoms with Gasteiger partial charge in [0.15, 0.2) is 5.78 Å². The standard InChI is InChI=1S/C9H17NO/c1-4-5-6-9(11)7-8(2)10-3/h7,10H,4-6H2,1-3H3/b8-7-. The monoisotopic (exact) mass is 155 g/mol. The zero-order valence-corrected chi connectivity index (χ0v) is 7.61. The van der Waals surface area contributed by atoms with Crippen LogP contribution in [0.15, 0.2) is 11.8 Å². The van der Waals surface area contributed by atoms with Gasteiger partial charge < -0.3 is 5.32 Å². The van der Waals surface area contributed by atoms with Gasteiger partial charge >= 0.3 is 0 Å². The van der Waals surface area contributed by atoms with Crippen molar-refractivity contribution >= 4 is 5.78 Å². The van der Waals surface area contributed by atoms with Crippen LogP contribution in [0.2, 0.25) is 0 Å². The van der Waals surface area contributed by atoms with Crippen molar-refractivity contribution in [2.24, 2.45) is 0 Å². The van der Waals surface area contributed by atoms with Gasteiger partial charge in [-0.05, 0) is 19.4 Å². The minimum absolute atomic E-state index is 0.221. The normalized spacial score (nSPS) is 11.4. The van der Waals surface area contributed by atoms with Crippen molar-refractivity contribution in [2.75, 3.05) is 7.05 Å². The molecule has 0 aromatic carbocycles. The summed E-state index contributed by atoms with van der Waals surface area (Å²) < 4.78 is 0. The molecule has 0 saturated heterocycles. The summed E-state index contributed by atoms with van der Waals surface area (Å²) in [6, 6.07) is 0. The Balaban J connectivity index is 3.67. The third kappa shape index (κ3) is 5.64. The van der Waals surface area contributed by atoms with E-state index in [0.29, 0.717) is 6.42 Å². The first-order valence-electron chi connectivity index (χ1n) is 4.09. The molecular formula is C9H17NO. The molecule has 1 N–H and O–H groups in total. The molecule has 0 aliphatic rings. The molecule has 64 valence electrons. The fraction of sp³-hybridized carbons (Fsp3) is 0.667. The summed E-state index contributed by atoms with van der Waals surface area (Å²) in [4.78, 5) is 11.1. The lowest BCUT2D eigenvalue weighted by atomic mass is 10.2. The van der Waals surface area contributed by atoms with Crippen LogP contribution in [0.4, 0.5) is 0 Å². The van der Waals surface area contributed by atoms with E-state index in [2.05, 4.69) is 12.2 Å². The highest BCUT2D eigenvalue weighted by Crippen LogP contribution is 1.97. The molecule has 0 atom stereocenters. The average Bonchev–Trinajstić information content (AvgIpc) is 2.00. The molecule has 0 aromatic rings. The number of rotatable bonds is 5. The second-order valence-corrected chi connectivity index (χ2v) is 2.65. The first-order chi connectivity index (χ1) is 5.20. The van der Waals surface area contributed by atoms with Gasteiger partial charge in [0.2, 0.25) is 0 Å². The molecule has 0 rings (SSSR count). The summed E-state index contributed by atoms with van der Waals surface area (Å²) in [6.07, 6.45) is 4.41. The number of carbonyl (C=O) groups is 1. The van der Waals surface area contributed by atoms with Gasteiger partial charge in [0.1, 0.15) is 0 Å². The second-order valence-electron chi connectivity index (χ2n) is 2.65. The van der Waals surface area contributed by atoms with Gasteiger partial charge in [-0.1, -0.05) is 13.3 Å². The Morgan fingerprint density at radius 1 is 1.55 bits per heavy atom. The van der Waals surface area contributed by atoms with Gasteiger partial charge in [-0.25, -0.2) is 0 Å². The van der Waals surface area contributed by atoms with Crippen molar-refractivity contribution in [3.63, 3.8) is 0 Å². The minimum atomic E-state index is 0.221. The topological polar surface area (TPSA) is 29.1 Å². The molecule has 0 fully saturated rings. The summed E-state index contributed by atoms with van der Waals surface area (Å²) >= 11 is 0. The summed E-state index contributed by atoms with van der Waals surface area (Å²) in [5.74, 6) is 0.221. The Hall–Kier alpha value is -0.790. The van der Waals surface area contributed by atoms with E-state index in [9.17, 15) is 4.79 Å². The van der Waals surface area contributed by atoms with Crippen LogP contribution >= 0.6 is 0 Å². The number of unbranched alkanes of at least 4 members (excludes halogenated alkanes) is 1. The summed E-state index contributed by atoms with van der Waals surface area (Å²) in [6.45, 7) is 3.98. The van der Waals surface area contributed by atoms with Gasteiger partial charge in [0.25, 0.3) is 0 Å². The molecular weight excluding hydrogens is 138 g/mol. The van der Waals surface area contributed by atoms with E-state index < -0.39 is 0 Å². The lowest BCUT2D eigenvalue weighted by molar-refractivity contribution is -0.114. The van der Waals surface area contributed by atoms with Crippen molar-refractivity contribution in [2.45, 2.75) is 33.1 Å². The van der Waals surface area contributed by atoms with Crippen molar-refractivity contribution < 1.29 is 4.79 Å². The van der Waals surface area contributed by atoms with Crippen molar-refractivity contribution in [1.82, 2.24) is 5.32 Å². The maximum absolute atomic E-state index is 11.1. The highest BCUT2D eigenvalue weighted by Gasteiger charge is 1.95. The van der Waals surface area contributed by atoms with Crippen LogP contribution in [0.3, 0.4) is 0 Å². The molecule has 0 unspecified atom stereocenters. The molecule has 0 spiro atoms. The largest absolute Gasteiger partial charge is 0.392 e. The minimum Gasteiger partial charge on any atom is -0.392 e. The summed E-state index contributed by atoms with van der Waals surface area (Å²) in [7, 11) is 1.82. The van der Waals surface area contributed by atoms with E-state index in [1.54, 1.807) is 6.08 Å². The first kappa shape index (κ1) is 10.2. The second kappa shape index (κ2) is 5.96. The molecule has 0 radical (unpaired) electrons. The summed E-state index contributed by atoms with van der Waals surface area (Å²) in [5, 5.41) is 2.91. The van der Waals surface area contributed by atoms with E-state index in [0.717, 1.165) is 18.5 Å². The maximum Gasteiger partial charge on any atom is 0.157 e. The number of hydrogen-bond acceptors (Lipinski definition) is 2. The van der Waals surface area contributed by atoms with Crippen LogP contribution in [0.1, 0.15) is 33.1 Å². The zero-order chi connectivity index (χ0) is 8.69. The molecule has 0 heterocycles. The van der Waals surface area contributed by atoms with Crippen LogP contribution in [-0.4, -0.2) is 12.8 Å². The molecule has 2 heteroatoms. The molecule has 0 aliphatic heterocycles. The molecule has 0 bridgehead atoms. The third-order valence-corrected chi connectivity index (χ3v) is 1.55. The lowest BCUT2D eigenvalue weighted by Crippen LogP contribution is -2.04. The van der Waals surface area contributed by atoms with E-state index in [4.69, 9.17) is 0 Å². The first-order valence-corrected chi connectivity index (χ1v) is 4.09. The van der Waals surface area contributed by atoms with Gasteiger partial charge in [0.05, 0.1) is 0 Å². The van der Waals surface area contributed by atoms with Crippen LogP contribution in [-0.2, 0) is 4.79 Å². The highest BCUT2D eigenvalue weighted by atomic mass is 16.1. The Kier molecular flexibility index (Phi) is 5.53. The Bertz CT molecular complexity index is 150. The molecule has 0 aliphatic carbocycles. The van der Waals surface area contributed by atoms with Crippen LogP contribution < -0.4 is 5.32 Å². The van der Waals surface area contributed by atoms with E-state index in [-0.39, 0.29) is 5.78 Å². The number of nitrogens with one attached hydrogen (secondary N) is 1. The fourth-order valence-corrected chi connectivity index (χ4v) is 0.737. The van der Waals surface area contributed by atoms with E-state index >= 15 is 0 Å². The third-order valence-electron chi connectivity index (χ3n) is 1.55. The molecule has 2 nitrogen and oxygen atoms in total. The number of ketones is 1. The van der Waals surface area contributed by atoms with Gasteiger partial charge in [0, 0.05) is 19.2 Å². The van der Waals surface area contributed by atoms with E-state index in [1.165, 1.54) is 0 Å². The smallest absolute Gasteiger partial charge is 0.157 e.